The maximum absolute atomic E-state index is 9.62. The second kappa shape index (κ2) is 6.09. The zero-order valence-electron chi connectivity index (χ0n) is 11.7. The Morgan fingerprint density at radius 1 is 1.15 bits per heavy atom. The van der Waals surface area contributed by atoms with Crippen molar-refractivity contribution in [3.8, 4) is 5.75 Å². The van der Waals surface area contributed by atoms with Gasteiger partial charge < -0.3 is 15.3 Å². The van der Waals surface area contributed by atoms with Gasteiger partial charge in [-0.15, -0.1) is 0 Å². The van der Waals surface area contributed by atoms with Crippen molar-refractivity contribution in [3.05, 3.63) is 30.5 Å². The fourth-order valence-corrected chi connectivity index (χ4v) is 2.81. The molecule has 106 valence electrons. The topological polar surface area (TPSA) is 48.4 Å². The molecule has 1 aromatic carbocycles. The molecule has 0 aliphatic carbocycles. The molecule has 1 aliphatic heterocycles. The van der Waals surface area contributed by atoms with Gasteiger partial charge in [-0.2, -0.15) is 0 Å². The summed E-state index contributed by atoms with van der Waals surface area (Å²) in [5.74, 6) is 1.14. The van der Waals surface area contributed by atoms with Gasteiger partial charge in [-0.05, 0) is 49.5 Å². The monoisotopic (exact) mass is 271 g/mol. The Labute approximate surface area is 119 Å². The standard InChI is InChI=1S/C16H21N3O/c20-14-5-4-13-6-7-17-16(15(13)12-14)18-8-11-19-9-2-1-3-10-19/h4-7,12,20H,1-3,8-11H2,(H,17,18). The van der Waals surface area contributed by atoms with Crippen LogP contribution in [-0.2, 0) is 0 Å². The summed E-state index contributed by atoms with van der Waals surface area (Å²) in [4.78, 5) is 6.89. The lowest BCUT2D eigenvalue weighted by molar-refractivity contribution is 0.237. The summed E-state index contributed by atoms with van der Waals surface area (Å²) in [5.41, 5.74) is 0. The van der Waals surface area contributed by atoms with Gasteiger partial charge in [0.25, 0.3) is 0 Å². The number of benzene rings is 1. The Hall–Kier alpha value is -1.81. The van der Waals surface area contributed by atoms with Crippen LogP contribution in [0.2, 0.25) is 0 Å². The molecule has 0 bridgehead atoms. The average molecular weight is 271 g/mol. The summed E-state index contributed by atoms with van der Waals surface area (Å²) >= 11 is 0. The normalized spacial score (nSPS) is 16.4. The molecule has 1 aromatic heterocycles. The van der Waals surface area contributed by atoms with E-state index in [4.69, 9.17) is 0 Å². The number of rotatable bonds is 4. The molecular formula is C16H21N3O. The van der Waals surface area contributed by atoms with Gasteiger partial charge >= 0.3 is 0 Å². The highest BCUT2D eigenvalue weighted by atomic mass is 16.3. The lowest BCUT2D eigenvalue weighted by atomic mass is 10.1. The number of aromatic hydroxyl groups is 1. The first kappa shape index (κ1) is 13.2. The molecule has 0 unspecified atom stereocenters. The second-order valence-corrected chi connectivity index (χ2v) is 5.39. The van der Waals surface area contributed by atoms with E-state index in [0.717, 1.165) is 29.7 Å². The summed E-state index contributed by atoms with van der Waals surface area (Å²) in [7, 11) is 0. The number of hydrogen-bond acceptors (Lipinski definition) is 4. The third kappa shape index (κ3) is 3.02. The molecule has 4 heteroatoms. The maximum atomic E-state index is 9.62. The Morgan fingerprint density at radius 3 is 2.85 bits per heavy atom. The van der Waals surface area contributed by atoms with Gasteiger partial charge in [0, 0.05) is 24.7 Å². The molecule has 1 saturated heterocycles. The number of pyridine rings is 1. The number of phenols is 1. The van der Waals surface area contributed by atoms with Crippen molar-refractivity contribution in [1.82, 2.24) is 9.88 Å². The van der Waals surface area contributed by atoms with E-state index in [2.05, 4.69) is 15.2 Å². The van der Waals surface area contributed by atoms with Crippen molar-refractivity contribution in [1.29, 1.82) is 0 Å². The minimum Gasteiger partial charge on any atom is -0.508 e. The first-order valence-corrected chi connectivity index (χ1v) is 7.37. The van der Waals surface area contributed by atoms with Crippen LogP contribution in [0.4, 0.5) is 5.82 Å². The predicted molar refractivity (Wildman–Crippen MR) is 82.2 cm³/mol. The van der Waals surface area contributed by atoms with Gasteiger partial charge in [0.2, 0.25) is 0 Å². The summed E-state index contributed by atoms with van der Waals surface area (Å²) in [5, 5.41) is 15.1. The molecule has 0 saturated carbocycles. The fraction of sp³-hybridized carbons (Fsp3) is 0.438. The highest BCUT2D eigenvalue weighted by Gasteiger charge is 2.09. The first-order chi connectivity index (χ1) is 9.83. The first-order valence-electron chi connectivity index (χ1n) is 7.37. The van der Waals surface area contributed by atoms with Gasteiger partial charge in [-0.25, -0.2) is 4.98 Å². The van der Waals surface area contributed by atoms with Crippen molar-refractivity contribution in [2.75, 3.05) is 31.5 Å². The van der Waals surface area contributed by atoms with Crippen LogP contribution in [0.1, 0.15) is 19.3 Å². The molecule has 20 heavy (non-hydrogen) atoms. The molecule has 0 spiro atoms. The van der Waals surface area contributed by atoms with E-state index in [1.807, 2.05) is 18.3 Å². The number of nitrogens with zero attached hydrogens (tertiary/aromatic N) is 2. The van der Waals surface area contributed by atoms with E-state index in [0.29, 0.717) is 0 Å². The van der Waals surface area contributed by atoms with Crippen LogP contribution < -0.4 is 5.32 Å². The van der Waals surface area contributed by atoms with E-state index in [1.54, 1.807) is 12.1 Å². The molecule has 3 rings (SSSR count). The van der Waals surface area contributed by atoms with Crippen LogP contribution in [-0.4, -0.2) is 41.2 Å². The predicted octanol–water partition coefficient (Wildman–Crippen LogP) is 2.84. The van der Waals surface area contributed by atoms with Gasteiger partial charge in [-0.1, -0.05) is 12.5 Å². The Morgan fingerprint density at radius 2 is 2.00 bits per heavy atom. The van der Waals surface area contributed by atoms with E-state index in [-0.39, 0.29) is 5.75 Å². The van der Waals surface area contributed by atoms with Crippen LogP contribution in [0.3, 0.4) is 0 Å². The fourth-order valence-electron chi connectivity index (χ4n) is 2.81. The van der Waals surface area contributed by atoms with E-state index < -0.39 is 0 Å². The highest BCUT2D eigenvalue weighted by Crippen LogP contribution is 2.24. The van der Waals surface area contributed by atoms with E-state index >= 15 is 0 Å². The van der Waals surface area contributed by atoms with Crippen LogP contribution in [0.5, 0.6) is 5.75 Å². The van der Waals surface area contributed by atoms with Crippen LogP contribution in [0.15, 0.2) is 30.5 Å². The largest absolute Gasteiger partial charge is 0.508 e. The molecule has 2 heterocycles. The number of likely N-dealkylation sites (tertiary alicyclic amines) is 1. The molecule has 0 radical (unpaired) electrons. The minimum absolute atomic E-state index is 0.282. The molecule has 1 fully saturated rings. The van der Waals surface area contributed by atoms with Crippen molar-refractivity contribution < 1.29 is 5.11 Å². The second-order valence-electron chi connectivity index (χ2n) is 5.39. The van der Waals surface area contributed by atoms with E-state index in [9.17, 15) is 5.11 Å². The molecule has 0 atom stereocenters. The molecule has 4 nitrogen and oxygen atoms in total. The zero-order chi connectivity index (χ0) is 13.8. The Bertz CT molecular complexity index is 579. The lowest BCUT2D eigenvalue weighted by Gasteiger charge is -2.26. The van der Waals surface area contributed by atoms with Crippen molar-refractivity contribution in [3.63, 3.8) is 0 Å². The maximum Gasteiger partial charge on any atom is 0.133 e. The number of fused-ring (bicyclic) bond motifs is 1. The number of phenolic OH excluding ortho intramolecular Hbond substituents is 1. The van der Waals surface area contributed by atoms with Gasteiger partial charge in [0.1, 0.15) is 11.6 Å². The number of anilines is 1. The molecule has 2 N–H and O–H groups in total. The quantitative estimate of drug-likeness (QED) is 0.897. The van der Waals surface area contributed by atoms with Crippen molar-refractivity contribution >= 4 is 16.6 Å². The number of aromatic nitrogens is 1. The van der Waals surface area contributed by atoms with Gasteiger partial charge in [0.15, 0.2) is 0 Å². The Balaban J connectivity index is 1.66. The number of nitrogens with one attached hydrogen (secondary N) is 1. The Kier molecular flexibility index (Phi) is 4.02. The summed E-state index contributed by atoms with van der Waals surface area (Å²) in [6.07, 6.45) is 5.82. The SMILES string of the molecule is Oc1ccc2ccnc(NCCN3CCCCC3)c2c1. The van der Waals surface area contributed by atoms with E-state index in [1.165, 1.54) is 32.4 Å². The lowest BCUT2D eigenvalue weighted by Crippen LogP contribution is -2.33. The molecule has 2 aromatic rings. The number of hydrogen-bond donors (Lipinski definition) is 2. The minimum atomic E-state index is 0.282. The summed E-state index contributed by atoms with van der Waals surface area (Å²) in [6.45, 7) is 4.37. The smallest absolute Gasteiger partial charge is 0.133 e. The molecule has 1 aliphatic rings. The van der Waals surface area contributed by atoms with Crippen LogP contribution in [0.25, 0.3) is 10.8 Å². The summed E-state index contributed by atoms with van der Waals surface area (Å²) < 4.78 is 0. The summed E-state index contributed by atoms with van der Waals surface area (Å²) in [6, 6.07) is 7.36. The van der Waals surface area contributed by atoms with Crippen molar-refractivity contribution in [2.24, 2.45) is 0 Å². The van der Waals surface area contributed by atoms with Crippen LogP contribution >= 0.6 is 0 Å². The third-order valence-electron chi connectivity index (χ3n) is 3.92. The van der Waals surface area contributed by atoms with Crippen molar-refractivity contribution in [2.45, 2.75) is 19.3 Å². The van der Waals surface area contributed by atoms with Gasteiger partial charge in [-0.3, -0.25) is 0 Å². The molecular weight excluding hydrogens is 250 g/mol. The zero-order valence-corrected chi connectivity index (χ0v) is 11.7. The van der Waals surface area contributed by atoms with Gasteiger partial charge in [0.05, 0.1) is 0 Å². The number of piperidine rings is 1. The highest BCUT2D eigenvalue weighted by molar-refractivity contribution is 5.92. The molecule has 0 amide bonds. The average Bonchev–Trinajstić information content (AvgIpc) is 2.49. The van der Waals surface area contributed by atoms with Crippen LogP contribution in [0, 0.1) is 0 Å². The third-order valence-corrected chi connectivity index (χ3v) is 3.92.